The van der Waals surface area contributed by atoms with Gasteiger partial charge in [0.2, 0.25) is 11.8 Å². The topological polar surface area (TPSA) is 127 Å². The van der Waals surface area contributed by atoms with E-state index in [-0.39, 0.29) is 18.3 Å². The molecule has 0 aromatic carbocycles. The first kappa shape index (κ1) is 12.3. The number of oxime groups is 1. The van der Waals surface area contributed by atoms with Crippen LogP contribution < -0.4 is 11.1 Å². The third-order valence-electron chi connectivity index (χ3n) is 3.21. The predicted octanol–water partition coefficient (Wildman–Crippen LogP) is -0.0891. The van der Waals surface area contributed by atoms with Crippen LogP contribution in [0.2, 0.25) is 0 Å². The highest BCUT2D eigenvalue weighted by atomic mass is 16.5. The summed E-state index contributed by atoms with van der Waals surface area (Å²) in [6, 6.07) is 0. The quantitative estimate of drug-likeness (QED) is 0.298. The van der Waals surface area contributed by atoms with Gasteiger partial charge >= 0.3 is 0 Å². The van der Waals surface area contributed by atoms with Crippen molar-refractivity contribution in [2.45, 2.75) is 32.7 Å². The molecule has 1 aliphatic carbocycles. The van der Waals surface area contributed by atoms with Crippen LogP contribution in [0.3, 0.4) is 0 Å². The Bertz CT molecular complexity index is 478. The number of aromatic nitrogens is 2. The summed E-state index contributed by atoms with van der Waals surface area (Å²) in [5, 5.41) is 17.9. The van der Waals surface area contributed by atoms with Crippen molar-refractivity contribution in [3.63, 3.8) is 0 Å². The van der Waals surface area contributed by atoms with Crippen LogP contribution in [-0.4, -0.2) is 27.1 Å². The monoisotopic (exact) mass is 253 g/mol. The van der Waals surface area contributed by atoms with Gasteiger partial charge in [0, 0.05) is 0 Å². The van der Waals surface area contributed by atoms with Gasteiger partial charge in [-0.05, 0) is 19.8 Å². The second-order valence-corrected chi connectivity index (χ2v) is 4.34. The zero-order valence-corrected chi connectivity index (χ0v) is 10.0. The Hall–Kier alpha value is -2.12. The molecule has 0 saturated heterocycles. The van der Waals surface area contributed by atoms with E-state index in [0.717, 1.165) is 6.42 Å². The van der Waals surface area contributed by atoms with Crippen LogP contribution in [0.5, 0.6) is 0 Å². The summed E-state index contributed by atoms with van der Waals surface area (Å²) in [7, 11) is 0. The van der Waals surface area contributed by atoms with E-state index in [0.29, 0.717) is 24.6 Å². The van der Waals surface area contributed by atoms with Gasteiger partial charge in [-0.15, -0.1) is 0 Å². The van der Waals surface area contributed by atoms with Crippen LogP contribution in [0.15, 0.2) is 9.68 Å². The van der Waals surface area contributed by atoms with Crippen LogP contribution in [0, 0.1) is 12.3 Å². The Kier molecular flexibility index (Phi) is 3.17. The second-order valence-electron chi connectivity index (χ2n) is 4.34. The Morgan fingerprint density at radius 2 is 2.39 bits per heavy atom. The first-order valence-corrected chi connectivity index (χ1v) is 5.64. The van der Waals surface area contributed by atoms with Gasteiger partial charge in [0.15, 0.2) is 11.7 Å². The number of amidine groups is 1. The van der Waals surface area contributed by atoms with Crippen LogP contribution in [0.4, 0.5) is 0 Å². The Labute approximate surface area is 103 Å². The summed E-state index contributed by atoms with van der Waals surface area (Å²) in [4.78, 5) is 16.0. The zero-order valence-electron chi connectivity index (χ0n) is 10.0. The van der Waals surface area contributed by atoms with Crippen molar-refractivity contribution < 1.29 is 14.5 Å². The van der Waals surface area contributed by atoms with Crippen LogP contribution in [-0.2, 0) is 11.3 Å². The molecule has 1 heterocycles. The van der Waals surface area contributed by atoms with Gasteiger partial charge in [-0.1, -0.05) is 16.7 Å². The molecule has 1 amide bonds. The van der Waals surface area contributed by atoms with Gasteiger partial charge < -0.3 is 20.8 Å². The van der Waals surface area contributed by atoms with E-state index >= 15 is 0 Å². The van der Waals surface area contributed by atoms with E-state index < -0.39 is 5.41 Å². The number of nitrogens with zero attached hydrogens (tertiary/aromatic N) is 3. The SMILES string of the molecule is Cc1noc(CNC(=O)C2(C(N)=NO)CCC2)n1. The molecule has 1 saturated carbocycles. The number of amides is 1. The van der Waals surface area contributed by atoms with Gasteiger partial charge in [0.05, 0.1) is 6.54 Å². The Morgan fingerprint density at radius 3 is 2.83 bits per heavy atom. The molecule has 0 atom stereocenters. The second kappa shape index (κ2) is 4.63. The fraction of sp³-hybridized carbons (Fsp3) is 0.600. The highest BCUT2D eigenvalue weighted by molar-refractivity contribution is 6.07. The number of nitrogens with two attached hydrogens (primary N) is 1. The largest absolute Gasteiger partial charge is 0.409 e. The van der Waals surface area contributed by atoms with E-state index in [1.165, 1.54) is 0 Å². The van der Waals surface area contributed by atoms with E-state index in [1.807, 2.05) is 0 Å². The van der Waals surface area contributed by atoms with Crippen molar-refractivity contribution in [1.82, 2.24) is 15.5 Å². The fourth-order valence-corrected chi connectivity index (χ4v) is 1.96. The van der Waals surface area contributed by atoms with E-state index in [4.69, 9.17) is 15.5 Å². The molecule has 2 rings (SSSR count). The highest BCUT2D eigenvalue weighted by Gasteiger charge is 2.48. The average molecular weight is 253 g/mol. The van der Waals surface area contributed by atoms with Crippen molar-refractivity contribution >= 4 is 11.7 Å². The Morgan fingerprint density at radius 1 is 1.67 bits per heavy atom. The normalized spacial score (nSPS) is 18.2. The first-order valence-electron chi connectivity index (χ1n) is 5.64. The summed E-state index contributed by atoms with van der Waals surface area (Å²) >= 11 is 0. The van der Waals surface area contributed by atoms with Gasteiger partial charge in [-0.3, -0.25) is 4.79 Å². The van der Waals surface area contributed by atoms with Gasteiger partial charge in [0.1, 0.15) is 5.41 Å². The van der Waals surface area contributed by atoms with Crippen LogP contribution in [0.1, 0.15) is 31.0 Å². The number of carbonyl (C=O) groups is 1. The molecule has 1 fully saturated rings. The molecular formula is C10H15N5O3. The highest BCUT2D eigenvalue weighted by Crippen LogP contribution is 2.41. The maximum absolute atomic E-state index is 12.1. The molecule has 8 nitrogen and oxygen atoms in total. The molecule has 1 aliphatic rings. The molecule has 0 unspecified atom stereocenters. The third kappa shape index (κ3) is 2.01. The number of aryl methyl sites for hydroxylation is 1. The molecule has 18 heavy (non-hydrogen) atoms. The lowest BCUT2D eigenvalue weighted by molar-refractivity contribution is -0.131. The summed E-state index contributed by atoms with van der Waals surface area (Å²) in [6.45, 7) is 1.83. The minimum atomic E-state index is -0.885. The van der Waals surface area contributed by atoms with Crippen molar-refractivity contribution in [2.24, 2.45) is 16.3 Å². The van der Waals surface area contributed by atoms with Gasteiger partial charge in [-0.25, -0.2) is 0 Å². The Balaban J connectivity index is 1.99. The predicted molar refractivity (Wildman–Crippen MR) is 60.6 cm³/mol. The fourth-order valence-electron chi connectivity index (χ4n) is 1.96. The van der Waals surface area contributed by atoms with Crippen molar-refractivity contribution in [2.75, 3.05) is 0 Å². The molecule has 0 spiro atoms. The maximum atomic E-state index is 12.1. The number of hydrogen-bond donors (Lipinski definition) is 3. The molecule has 98 valence electrons. The molecule has 1 aromatic heterocycles. The molecular weight excluding hydrogens is 238 g/mol. The zero-order chi connectivity index (χ0) is 13.2. The molecule has 0 bridgehead atoms. The first-order chi connectivity index (χ1) is 8.58. The number of carbonyl (C=O) groups excluding carboxylic acids is 1. The van der Waals surface area contributed by atoms with Crippen LogP contribution in [0.25, 0.3) is 0 Å². The summed E-state index contributed by atoms with van der Waals surface area (Å²) < 4.78 is 4.88. The maximum Gasteiger partial charge on any atom is 0.246 e. The van der Waals surface area contributed by atoms with E-state index in [9.17, 15) is 4.79 Å². The minimum absolute atomic E-state index is 0.0482. The smallest absolute Gasteiger partial charge is 0.246 e. The number of hydrogen-bond acceptors (Lipinski definition) is 6. The molecule has 8 heteroatoms. The van der Waals surface area contributed by atoms with Crippen molar-refractivity contribution in [1.29, 1.82) is 0 Å². The summed E-state index contributed by atoms with van der Waals surface area (Å²) in [5.74, 6) is 0.511. The van der Waals surface area contributed by atoms with Gasteiger partial charge in [0.25, 0.3) is 0 Å². The van der Waals surface area contributed by atoms with Crippen molar-refractivity contribution in [3.8, 4) is 0 Å². The van der Waals surface area contributed by atoms with E-state index in [2.05, 4.69) is 20.6 Å². The summed E-state index contributed by atoms with van der Waals surface area (Å²) in [5.41, 5.74) is 4.69. The molecule has 1 aromatic rings. The van der Waals surface area contributed by atoms with Gasteiger partial charge in [-0.2, -0.15) is 4.98 Å². The summed E-state index contributed by atoms with van der Waals surface area (Å²) in [6.07, 6.45) is 2.04. The minimum Gasteiger partial charge on any atom is -0.409 e. The number of nitrogens with one attached hydrogen (secondary N) is 1. The lowest BCUT2D eigenvalue weighted by Gasteiger charge is -2.38. The standard InChI is InChI=1S/C10H15N5O3/c1-6-13-7(18-15-6)5-12-9(16)10(3-2-4-10)8(11)14-17/h17H,2-5H2,1H3,(H2,11,14)(H,12,16). The lowest BCUT2D eigenvalue weighted by Crippen LogP contribution is -2.53. The van der Waals surface area contributed by atoms with Crippen LogP contribution >= 0.6 is 0 Å². The van der Waals surface area contributed by atoms with Crippen molar-refractivity contribution in [3.05, 3.63) is 11.7 Å². The molecule has 4 N–H and O–H groups in total. The third-order valence-corrected chi connectivity index (χ3v) is 3.21. The molecule has 0 aliphatic heterocycles. The number of rotatable bonds is 4. The molecule has 0 radical (unpaired) electrons. The van der Waals surface area contributed by atoms with E-state index in [1.54, 1.807) is 6.92 Å². The lowest BCUT2D eigenvalue weighted by atomic mass is 9.67. The average Bonchev–Trinajstić information content (AvgIpc) is 2.70.